The molecule has 3 heterocycles. The maximum Gasteiger partial charge on any atom is 0.268 e. The lowest BCUT2D eigenvalue weighted by Gasteiger charge is -2.49. The van der Waals surface area contributed by atoms with Crippen LogP contribution in [0.25, 0.3) is 0 Å². The first kappa shape index (κ1) is 15.3. The topological polar surface area (TPSA) is 76.6 Å². The van der Waals surface area contributed by atoms with Gasteiger partial charge >= 0.3 is 0 Å². The van der Waals surface area contributed by atoms with Crippen molar-refractivity contribution in [2.24, 2.45) is 5.41 Å². The molecule has 1 aromatic heterocycles. The molecule has 2 aliphatic heterocycles. The highest BCUT2D eigenvalue weighted by Crippen LogP contribution is 2.50. The first-order valence-electron chi connectivity index (χ1n) is 7.62. The van der Waals surface area contributed by atoms with Crippen molar-refractivity contribution in [3.8, 4) is 12.0 Å². The first-order chi connectivity index (χ1) is 10.2. The average molecular weight is 281 g/mol. The van der Waals surface area contributed by atoms with Crippen LogP contribution in [0.5, 0.6) is 0 Å². The van der Waals surface area contributed by atoms with E-state index in [4.69, 9.17) is 10.5 Å². The van der Waals surface area contributed by atoms with Gasteiger partial charge in [-0.1, -0.05) is 26.5 Å². The first-order valence-corrected chi connectivity index (χ1v) is 7.62. The van der Waals surface area contributed by atoms with Crippen LogP contribution in [-0.2, 0) is 0 Å². The molecule has 0 bridgehead atoms. The van der Waals surface area contributed by atoms with Crippen molar-refractivity contribution in [1.82, 2.24) is 9.97 Å². The van der Waals surface area contributed by atoms with Crippen LogP contribution in [0.2, 0.25) is 12.6 Å². The molecular weight excluding hydrogens is 261 g/mol. The van der Waals surface area contributed by atoms with E-state index in [1.54, 1.807) is 6.20 Å². The molecule has 0 radical (unpaired) electrons. The summed E-state index contributed by atoms with van der Waals surface area (Å²) in [7, 11) is 0. The molecule has 0 amide bonds. The van der Waals surface area contributed by atoms with Crippen molar-refractivity contribution >= 4 is 12.5 Å². The number of piperidine rings is 1. The molecule has 2 aliphatic rings. The number of nitrogens with zero attached hydrogens (tertiary/aromatic N) is 5. The number of rotatable bonds is 1. The van der Waals surface area contributed by atoms with Gasteiger partial charge in [-0.25, -0.2) is 15.2 Å². The van der Waals surface area contributed by atoms with E-state index in [1.807, 2.05) is 26.0 Å². The molecule has 1 aromatic rings. The molecule has 6 heteroatoms. The Morgan fingerprint density at radius 1 is 1.24 bits per heavy atom. The number of hydrogen-bond acceptors (Lipinski definition) is 5. The second kappa shape index (κ2) is 6.58. The Labute approximate surface area is 126 Å². The van der Waals surface area contributed by atoms with Crippen LogP contribution >= 0.6 is 0 Å². The zero-order valence-electron chi connectivity index (χ0n) is 12.7. The molecule has 0 N–H and O–H groups in total. The van der Waals surface area contributed by atoms with E-state index in [-0.39, 0.29) is 12.5 Å². The molecule has 21 heavy (non-hydrogen) atoms. The zero-order valence-corrected chi connectivity index (χ0v) is 12.7. The van der Waals surface area contributed by atoms with E-state index < -0.39 is 0 Å². The van der Waals surface area contributed by atoms with E-state index in [1.165, 1.54) is 0 Å². The molecule has 3 rings (SSSR count). The Morgan fingerprint density at radius 2 is 1.90 bits per heavy atom. The maximum absolute atomic E-state index is 8.88. The Hall–Kier alpha value is -2.08. The Bertz CT molecular complexity index is 558. The van der Waals surface area contributed by atoms with Gasteiger partial charge in [0.05, 0.1) is 0 Å². The van der Waals surface area contributed by atoms with Crippen LogP contribution in [0, 0.1) is 28.0 Å². The second-order valence-corrected chi connectivity index (χ2v) is 5.57. The molecule has 5 nitrogen and oxygen atoms in total. The highest BCUT2D eigenvalue weighted by atomic mass is 15.2. The van der Waals surface area contributed by atoms with Gasteiger partial charge in [0, 0.05) is 25.3 Å². The van der Waals surface area contributed by atoms with Crippen molar-refractivity contribution < 1.29 is 0 Å². The lowest BCUT2D eigenvalue weighted by atomic mass is 9.26. The van der Waals surface area contributed by atoms with Crippen molar-refractivity contribution in [3.05, 3.63) is 18.1 Å². The minimum atomic E-state index is 0.228. The third kappa shape index (κ3) is 3.16. The molecular formula is C15H20BN5. The third-order valence-corrected chi connectivity index (χ3v) is 4.43. The van der Waals surface area contributed by atoms with Gasteiger partial charge in [-0.3, -0.25) is 0 Å². The lowest BCUT2D eigenvalue weighted by molar-refractivity contribution is 0.247. The van der Waals surface area contributed by atoms with Crippen LogP contribution in [0.3, 0.4) is 0 Å². The quantitative estimate of drug-likeness (QED) is 0.739. The van der Waals surface area contributed by atoms with E-state index in [9.17, 15) is 0 Å². The van der Waals surface area contributed by atoms with Crippen molar-refractivity contribution in [3.63, 3.8) is 0 Å². The lowest BCUT2D eigenvalue weighted by Crippen LogP contribution is -2.49. The number of hydrogen-bond donors (Lipinski definition) is 0. The fourth-order valence-electron chi connectivity index (χ4n) is 3.27. The summed E-state index contributed by atoms with van der Waals surface area (Å²) in [6.45, 7) is 6.19. The Morgan fingerprint density at radius 3 is 2.48 bits per heavy atom. The van der Waals surface area contributed by atoms with Crippen LogP contribution in [-0.4, -0.2) is 29.8 Å². The zero-order chi connectivity index (χ0) is 15.3. The predicted molar refractivity (Wildman–Crippen MR) is 83.0 cm³/mol. The molecule has 2 saturated heterocycles. The van der Waals surface area contributed by atoms with Gasteiger partial charge in [0.2, 0.25) is 5.82 Å². The highest BCUT2D eigenvalue weighted by Gasteiger charge is 2.48. The van der Waals surface area contributed by atoms with Crippen LogP contribution < -0.4 is 4.90 Å². The average Bonchev–Trinajstić information content (AvgIpc) is 2.54. The third-order valence-electron chi connectivity index (χ3n) is 4.43. The predicted octanol–water partition coefficient (Wildman–Crippen LogP) is 2.53. The summed E-state index contributed by atoms with van der Waals surface area (Å²) >= 11 is 0. The van der Waals surface area contributed by atoms with Crippen molar-refractivity contribution in [2.45, 2.75) is 39.3 Å². The number of anilines is 1. The van der Waals surface area contributed by atoms with Gasteiger partial charge in [-0.05, 0) is 24.3 Å². The number of nitriles is 2. The summed E-state index contributed by atoms with van der Waals surface area (Å²) in [6, 6.07) is 3.83. The van der Waals surface area contributed by atoms with Gasteiger partial charge in [-0.2, -0.15) is 5.26 Å². The normalized spacial score (nSPS) is 18.9. The van der Waals surface area contributed by atoms with E-state index in [2.05, 4.69) is 20.8 Å². The van der Waals surface area contributed by atoms with Crippen LogP contribution in [0.1, 0.15) is 32.5 Å². The molecule has 1 spiro atoms. The van der Waals surface area contributed by atoms with Crippen LogP contribution in [0.4, 0.5) is 5.82 Å². The van der Waals surface area contributed by atoms with E-state index in [0.717, 1.165) is 44.4 Å². The largest absolute Gasteiger partial charge is 0.356 e. The molecule has 0 saturated carbocycles. The molecule has 0 atom stereocenters. The Balaban J connectivity index is 0.000000774. The van der Waals surface area contributed by atoms with E-state index >= 15 is 0 Å². The SMILES string of the molecule is CC.N#CB1CC2(CCN(c3ccnc(C#N)n3)CC2)C1. The fourth-order valence-corrected chi connectivity index (χ4v) is 3.27. The van der Waals surface area contributed by atoms with Gasteiger partial charge in [0.25, 0.3) is 6.71 Å². The number of aromatic nitrogens is 2. The minimum absolute atomic E-state index is 0.228. The summed E-state index contributed by atoms with van der Waals surface area (Å²) < 4.78 is 0. The van der Waals surface area contributed by atoms with Gasteiger partial charge < -0.3 is 4.90 Å². The van der Waals surface area contributed by atoms with Crippen molar-refractivity contribution in [1.29, 1.82) is 10.5 Å². The molecule has 108 valence electrons. The minimum Gasteiger partial charge on any atom is -0.356 e. The molecule has 0 unspecified atom stereocenters. The summed E-state index contributed by atoms with van der Waals surface area (Å²) in [6.07, 6.45) is 6.00. The fraction of sp³-hybridized carbons (Fsp3) is 0.600. The molecule has 0 aliphatic carbocycles. The smallest absolute Gasteiger partial charge is 0.268 e. The summed E-state index contributed by atoms with van der Waals surface area (Å²) in [5, 5.41) is 17.7. The van der Waals surface area contributed by atoms with Crippen LogP contribution in [0.15, 0.2) is 12.3 Å². The second-order valence-electron chi connectivity index (χ2n) is 5.57. The van der Waals surface area contributed by atoms with Gasteiger partial charge in [-0.15, -0.1) is 0 Å². The molecule has 2 fully saturated rings. The monoisotopic (exact) mass is 281 g/mol. The van der Waals surface area contributed by atoms with Crippen molar-refractivity contribution in [2.75, 3.05) is 18.0 Å². The van der Waals surface area contributed by atoms with Gasteiger partial charge in [0.1, 0.15) is 11.9 Å². The van der Waals surface area contributed by atoms with E-state index in [0.29, 0.717) is 5.41 Å². The van der Waals surface area contributed by atoms with Gasteiger partial charge in [0.15, 0.2) is 0 Å². The maximum atomic E-state index is 8.88. The highest BCUT2D eigenvalue weighted by molar-refractivity contribution is 6.70. The molecule has 0 aromatic carbocycles. The Kier molecular flexibility index (Phi) is 4.80. The summed E-state index contributed by atoms with van der Waals surface area (Å²) in [4.78, 5) is 10.3. The standard InChI is InChI=1S/C13H14BN5.C2H6/c15-7-11-17-4-1-12(18-11)19-5-2-13(3-6-19)8-14(9-13)10-16;1-2/h1,4H,2-3,5-6,8-9H2;1-2H3. The summed E-state index contributed by atoms with van der Waals surface area (Å²) in [5.74, 6) is 3.43. The summed E-state index contributed by atoms with van der Waals surface area (Å²) in [5.41, 5.74) is 0.405.